The van der Waals surface area contributed by atoms with Crippen molar-refractivity contribution >= 4 is 25.6 Å². The maximum atomic E-state index is 10.8. The Morgan fingerprint density at radius 1 is 1.43 bits per heavy atom. The van der Waals surface area contributed by atoms with Crippen LogP contribution in [-0.4, -0.2) is 14.3 Å². The fourth-order valence-corrected chi connectivity index (χ4v) is 2.07. The number of hydrogen-bond donors (Lipinski definition) is 2. The number of hydrogen-bond acceptors (Lipinski definition) is 3. The van der Waals surface area contributed by atoms with Crippen molar-refractivity contribution in [2.24, 2.45) is 5.73 Å². The summed E-state index contributed by atoms with van der Waals surface area (Å²) in [6.45, 7) is 0. The van der Waals surface area contributed by atoms with Crippen LogP contribution in [0.1, 0.15) is 11.1 Å². The van der Waals surface area contributed by atoms with Crippen molar-refractivity contribution in [2.75, 3.05) is 0 Å². The van der Waals surface area contributed by atoms with Crippen LogP contribution in [0.3, 0.4) is 0 Å². The summed E-state index contributed by atoms with van der Waals surface area (Å²) in [6.07, 6.45) is 0. The Morgan fingerprint density at radius 2 is 2.00 bits per heavy atom. The fraction of sp³-hybridized carbons (Fsp3) is 0.125. The Bertz CT molecular complexity index is 456. The van der Waals surface area contributed by atoms with Crippen LogP contribution in [0.25, 0.3) is 0 Å². The van der Waals surface area contributed by atoms with Crippen LogP contribution < -0.4 is 5.73 Å². The molecule has 0 unspecified atom stereocenters. The van der Waals surface area contributed by atoms with Gasteiger partial charge in [0.15, 0.2) is 0 Å². The molecule has 0 aliphatic heterocycles. The van der Waals surface area contributed by atoms with Crippen molar-refractivity contribution in [1.29, 1.82) is 5.41 Å². The number of benzene rings is 1. The van der Waals surface area contributed by atoms with Gasteiger partial charge in [0.1, 0.15) is 5.84 Å². The number of nitrogen functional groups attached to an aromatic ring is 1. The van der Waals surface area contributed by atoms with Crippen LogP contribution >= 0.6 is 10.7 Å². The molecule has 1 aromatic carbocycles. The molecule has 76 valence electrons. The van der Waals surface area contributed by atoms with E-state index in [9.17, 15) is 8.42 Å². The number of amidine groups is 1. The van der Waals surface area contributed by atoms with Crippen molar-refractivity contribution in [1.82, 2.24) is 0 Å². The van der Waals surface area contributed by atoms with Gasteiger partial charge in [-0.1, -0.05) is 24.3 Å². The number of nitrogens with one attached hydrogen (secondary N) is 1. The molecule has 0 saturated carbocycles. The van der Waals surface area contributed by atoms with Gasteiger partial charge >= 0.3 is 0 Å². The van der Waals surface area contributed by atoms with Crippen molar-refractivity contribution in [3.63, 3.8) is 0 Å². The third-order valence-electron chi connectivity index (χ3n) is 1.64. The van der Waals surface area contributed by atoms with Gasteiger partial charge in [-0.25, -0.2) is 8.42 Å². The molecular weight excluding hydrogens is 224 g/mol. The third-order valence-corrected chi connectivity index (χ3v) is 2.62. The van der Waals surface area contributed by atoms with Gasteiger partial charge in [-0.05, 0) is 5.56 Å². The summed E-state index contributed by atoms with van der Waals surface area (Å²) in [5.41, 5.74) is 6.12. The smallest absolute Gasteiger partial charge is 0.236 e. The summed E-state index contributed by atoms with van der Waals surface area (Å²) in [5, 5.41) is 7.22. The van der Waals surface area contributed by atoms with Crippen LogP contribution in [-0.2, 0) is 14.8 Å². The van der Waals surface area contributed by atoms with E-state index in [4.69, 9.17) is 21.8 Å². The minimum atomic E-state index is -3.61. The zero-order chi connectivity index (χ0) is 10.8. The van der Waals surface area contributed by atoms with Gasteiger partial charge in [0, 0.05) is 16.2 Å². The highest BCUT2D eigenvalue weighted by Gasteiger charge is 2.11. The summed E-state index contributed by atoms with van der Waals surface area (Å²) in [4.78, 5) is 0. The number of rotatable bonds is 3. The predicted octanol–water partition coefficient (Wildman–Crippen LogP) is 1.04. The molecule has 0 heterocycles. The topological polar surface area (TPSA) is 84.0 Å². The molecule has 0 saturated heterocycles. The van der Waals surface area contributed by atoms with E-state index in [-0.39, 0.29) is 11.6 Å². The molecule has 0 radical (unpaired) electrons. The van der Waals surface area contributed by atoms with Gasteiger partial charge in [-0.2, -0.15) is 0 Å². The molecule has 0 amide bonds. The third kappa shape index (κ3) is 3.01. The molecule has 0 aliphatic rings. The molecule has 0 fully saturated rings. The van der Waals surface area contributed by atoms with E-state index in [0.717, 1.165) is 0 Å². The summed E-state index contributed by atoms with van der Waals surface area (Å²) in [6, 6.07) is 6.52. The van der Waals surface area contributed by atoms with E-state index in [2.05, 4.69) is 0 Å². The van der Waals surface area contributed by atoms with E-state index < -0.39 is 9.05 Å². The monoisotopic (exact) mass is 232 g/mol. The van der Waals surface area contributed by atoms with Crippen molar-refractivity contribution < 1.29 is 8.42 Å². The average molecular weight is 233 g/mol. The van der Waals surface area contributed by atoms with Gasteiger partial charge in [0.2, 0.25) is 9.05 Å². The van der Waals surface area contributed by atoms with Crippen molar-refractivity contribution in [2.45, 2.75) is 5.75 Å². The second-order valence-electron chi connectivity index (χ2n) is 2.75. The quantitative estimate of drug-likeness (QED) is 0.464. The molecule has 1 aromatic rings. The van der Waals surface area contributed by atoms with E-state index >= 15 is 0 Å². The minimum absolute atomic E-state index is 0.166. The van der Waals surface area contributed by atoms with Crippen LogP contribution in [0.5, 0.6) is 0 Å². The second-order valence-corrected chi connectivity index (χ2v) is 5.53. The van der Waals surface area contributed by atoms with Crippen LogP contribution in [0, 0.1) is 5.41 Å². The molecule has 0 atom stereocenters. The highest BCUT2D eigenvalue weighted by Crippen LogP contribution is 2.14. The normalized spacial score (nSPS) is 11.2. The Balaban J connectivity index is 3.15. The Morgan fingerprint density at radius 3 is 2.50 bits per heavy atom. The lowest BCUT2D eigenvalue weighted by molar-refractivity contribution is 0.609. The first kappa shape index (κ1) is 11.0. The molecule has 6 heteroatoms. The van der Waals surface area contributed by atoms with E-state index in [1.807, 2.05) is 0 Å². The standard InChI is InChI=1S/C8H9ClN2O2S/c9-14(12,13)5-6-3-1-2-4-7(6)8(10)11/h1-4H,5H2,(H3,10,11). The lowest BCUT2D eigenvalue weighted by Gasteiger charge is -2.05. The van der Waals surface area contributed by atoms with Crippen LogP contribution in [0.15, 0.2) is 24.3 Å². The molecular formula is C8H9ClN2O2S. The summed E-state index contributed by atoms with van der Waals surface area (Å²) < 4.78 is 21.7. The maximum Gasteiger partial charge on any atom is 0.236 e. The minimum Gasteiger partial charge on any atom is -0.384 e. The largest absolute Gasteiger partial charge is 0.384 e. The van der Waals surface area contributed by atoms with Gasteiger partial charge in [0.05, 0.1) is 5.75 Å². The molecule has 0 aromatic heterocycles. The zero-order valence-corrected chi connectivity index (χ0v) is 8.77. The maximum absolute atomic E-state index is 10.8. The highest BCUT2D eigenvalue weighted by molar-refractivity contribution is 8.13. The van der Waals surface area contributed by atoms with Crippen molar-refractivity contribution in [3.05, 3.63) is 35.4 Å². The van der Waals surface area contributed by atoms with E-state index in [0.29, 0.717) is 11.1 Å². The second kappa shape index (κ2) is 3.98. The molecule has 0 aliphatic carbocycles. The Kier molecular flexibility index (Phi) is 3.13. The lowest BCUT2D eigenvalue weighted by Crippen LogP contribution is -2.14. The first-order valence-corrected chi connectivity index (χ1v) is 6.22. The van der Waals surface area contributed by atoms with Gasteiger partial charge < -0.3 is 5.73 Å². The molecule has 4 nitrogen and oxygen atoms in total. The summed E-state index contributed by atoms with van der Waals surface area (Å²) in [5.74, 6) is -0.481. The Labute approximate surface area is 86.6 Å². The van der Waals surface area contributed by atoms with Crippen LogP contribution in [0.2, 0.25) is 0 Å². The van der Waals surface area contributed by atoms with Gasteiger partial charge in [0.25, 0.3) is 0 Å². The highest BCUT2D eigenvalue weighted by atomic mass is 35.7. The first-order chi connectivity index (χ1) is 6.40. The fourth-order valence-electron chi connectivity index (χ4n) is 1.09. The molecule has 14 heavy (non-hydrogen) atoms. The van der Waals surface area contributed by atoms with Gasteiger partial charge in [-0.15, -0.1) is 0 Å². The van der Waals surface area contributed by atoms with Crippen molar-refractivity contribution in [3.8, 4) is 0 Å². The first-order valence-electron chi connectivity index (χ1n) is 3.75. The van der Waals surface area contributed by atoms with E-state index in [1.165, 1.54) is 0 Å². The molecule has 1 rings (SSSR count). The molecule has 0 spiro atoms. The van der Waals surface area contributed by atoms with Gasteiger partial charge in [-0.3, -0.25) is 5.41 Å². The average Bonchev–Trinajstić information content (AvgIpc) is 2.01. The number of halogens is 1. The van der Waals surface area contributed by atoms with Crippen LogP contribution in [0.4, 0.5) is 0 Å². The Hall–Kier alpha value is -1.07. The summed E-state index contributed by atoms with van der Waals surface area (Å²) >= 11 is 0. The lowest BCUT2D eigenvalue weighted by atomic mass is 10.1. The predicted molar refractivity (Wildman–Crippen MR) is 55.9 cm³/mol. The SMILES string of the molecule is N=C(N)c1ccccc1CS(=O)(=O)Cl. The zero-order valence-electron chi connectivity index (χ0n) is 7.20. The van der Waals surface area contributed by atoms with E-state index in [1.54, 1.807) is 24.3 Å². The number of nitrogens with two attached hydrogens (primary N) is 1. The summed E-state index contributed by atoms with van der Waals surface area (Å²) in [7, 11) is 1.49. The molecule has 0 bridgehead atoms. The molecule has 3 N–H and O–H groups in total.